The molecule has 2 rings (SSSR count). The van der Waals surface area contributed by atoms with Crippen molar-refractivity contribution in [2.45, 2.75) is 53.0 Å². The van der Waals surface area contributed by atoms with Gasteiger partial charge in [-0.3, -0.25) is 0 Å². The Morgan fingerprint density at radius 2 is 1.50 bits per heavy atom. The number of nitrogens with one attached hydrogen (secondary N) is 1. The maximum Gasteiger partial charge on any atom is 0.407 e. The van der Waals surface area contributed by atoms with Crippen molar-refractivity contribution in [2.24, 2.45) is 0 Å². The number of ether oxygens (including phenoxy) is 1. The zero-order valence-corrected chi connectivity index (χ0v) is 21.8. The molecule has 152 valence electrons. The van der Waals surface area contributed by atoms with Crippen molar-refractivity contribution in [3.63, 3.8) is 0 Å². The van der Waals surface area contributed by atoms with Crippen molar-refractivity contribution in [3.05, 3.63) is 65.5 Å². The second-order valence-electron chi connectivity index (χ2n) is 7.85. The third-order valence-corrected chi connectivity index (χ3v) is 6.39. The number of carbonyl (C=O) groups is 1. The molecule has 1 atom stereocenters. The Labute approximate surface area is 193 Å². The Kier molecular flexibility index (Phi) is 7.79. The molecule has 0 aromatic heterocycles. The Morgan fingerprint density at radius 3 is 1.93 bits per heavy atom. The number of benzene rings is 2. The molecule has 0 saturated carbocycles. The molecule has 0 fully saturated rings. The molecule has 0 aliphatic carbocycles. The molecule has 0 spiro atoms. The predicted molar refractivity (Wildman–Crippen MR) is 126 cm³/mol. The van der Waals surface area contributed by atoms with Crippen LogP contribution >= 0.6 is 47.8 Å². The van der Waals surface area contributed by atoms with Gasteiger partial charge in [0.2, 0.25) is 0 Å². The number of carbonyl (C=O) groups excluding carboxylic acids is 1. The lowest BCUT2D eigenvalue weighted by molar-refractivity contribution is 0.149. The van der Waals surface area contributed by atoms with E-state index in [0.29, 0.717) is 6.61 Å². The molecule has 1 N–H and O–H groups in total. The molecule has 0 bridgehead atoms. The van der Waals surface area contributed by atoms with Crippen LogP contribution in [-0.2, 0) is 10.2 Å². The van der Waals surface area contributed by atoms with Gasteiger partial charge in [0.05, 0.1) is 12.6 Å². The van der Waals surface area contributed by atoms with Crippen molar-refractivity contribution in [1.29, 1.82) is 0 Å². The molecule has 0 radical (unpaired) electrons. The van der Waals surface area contributed by atoms with Gasteiger partial charge in [-0.1, -0.05) is 80.7 Å². The van der Waals surface area contributed by atoms with Crippen LogP contribution in [-0.4, -0.2) is 12.7 Å². The summed E-state index contributed by atoms with van der Waals surface area (Å²) in [4.78, 5) is 12.4. The minimum Gasteiger partial charge on any atom is -0.450 e. The topological polar surface area (TPSA) is 38.3 Å². The first kappa shape index (κ1) is 23.4. The minimum absolute atomic E-state index is 0.0525. The highest BCUT2D eigenvalue weighted by Gasteiger charge is 2.27. The van der Waals surface area contributed by atoms with Crippen LogP contribution < -0.4 is 5.32 Å². The summed E-state index contributed by atoms with van der Waals surface area (Å²) in [7, 11) is 0. The van der Waals surface area contributed by atoms with Crippen molar-refractivity contribution in [1.82, 2.24) is 5.32 Å². The molecule has 2 aromatic rings. The van der Waals surface area contributed by atoms with Crippen molar-refractivity contribution in [3.8, 4) is 0 Å². The predicted octanol–water partition coefficient (Wildman–Crippen LogP) is 7.72. The molecule has 28 heavy (non-hydrogen) atoms. The molecule has 0 saturated heterocycles. The van der Waals surface area contributed by atoms with E-state index in [1.807, 2.05) is 12.1 Å². The number of aryl methyl sites for hydroxylation is 2. The van der Waals surface area contributed by atoms with Gasteiger partial charge in [0.15, 0.2) is 0 Å². The van der Waals surface area contributed by atoms with Crippen LogP contribution in [0.25, 0.3) is 0 Å². The second kappa shape index (κ2) is 9.31. The fourth-order valence-corrected chi connectivity index (χ4v) is 5.99. The van der Waals surface area contributed by atoms with E-state index < -0.39 is 6.09 Å². The zero-order chi connectivity index (χ0) is 21.2. The van der Waals surface area contributed by atoms with E-state index in [1.165, 1.54) is 5.56 Å². The highest BCUT2D eigenvalue weighted by molar-refractivity contribution is 9.11. The highest BCUT2D eigenvalue weighted by Crippen LogP contribution is 2.40. The van der Waals surface area contributed by atoms with Gasteiger partial charge in [-0.2, -0.15) is 0 Å². The third kappa shape index (κ3) is 5.39. The minimum atomic E-state index is -0.437. The maximum atomic E-state index is 12.4. The molecule has 0 aliphatic heterocycles. The standard InChI is InChI=1S/C22H26Br3NO2/c1-7-28-21(27)26-20(19-16(24)10-15(23)11-17(19)25)18-12(2)8-14(9-13(18)3)22(4,5)6/h8-11,20H,7H2,1-6H3,(H,26,27). The van der Waals surface area contributed by atoms with Crippen molar-refractivity contribution >= 4 is 53.9 Å². The normalized spacial score (nSPS) is 12.6. The van der Waals surface area contributed by atoms with Crippen molar-refractivity contribution < 1.29 is 9.53 Å². The van der Waals surface area contributed by atoms with Gasteiger partial charge in [-0.25, -0.2) is 4.79 Å². The number of amides is 1. The van der Waals surface area contributed by atoms with Gasteiger partial charge < -0.3 is 10.1 Å². The summed E-state index contributed by atoms with van der Waals surface area (Å²) in [5.41, 5.74) is 5.62. The molecule has 2 aromatic carbocycles. The number of hydrogen-bond donors (Lipinski definition) is 1. The molecule has 3 nitrogen and oxygen atoms in total. The first-order valence-electron chi connectivity index (χ1n) is 9.15. The monoisotopic (exact) mass is 573 g/mol. The second-order valence-corrected chi connectivity index (χ2v) is 10.5. The molecule has 1 unspecified atom stereocenters. The van der Waals surface area contributed by atoms with Crippen LogP contribution in [0.3, 0.4) is 0 Å². The fourth-order valence-electron chi connectivity index (χ4n) is 3.27. The quantitative estimate of drug-likeness (QED) is 0.405. The van der Waals surface area contributed by atoms with Gasteiger partial charge in [-0.05, 0) is 60.6 Å². The van der Waals surface area contributed by atoms with E-state index in [0.717, 1.165) is 35.7 Å². The van der Waals surface area contributed by atoms with E-state index in [1.54, 1.807) is 6.92 Å². The average Bonchev–Trinajstić information content (AvgIpc) is 2.52. The fraction of sp³-hybridized carbons (Fsp3) is 0.409. The van der Waals surface area contributed by atoms with Crippen LogP contribution in [0, 0.1) is 13.8 Å². The summed E-state index contributed by atoms with van der Waals surface area (Å²) in [5.74, 6) is 0. The Balaban J connectivity index is 2.69. The van der Waals surface area contributed by atoms with E-state index in [-0.39, 0.29) is 11.5 Å². The first-order valence-corrected chi connectivity index (χ1v) is 11.5. The lowest BCUT2D eigenvalue weighted by Gasteiger charge is -2.28. The molecule has 6 heteroatoms. The van der Waals surface area contributed by atoms with Gasteiger partial charge >= 0.3 is 6.09 Å². The first-order chi connectivity index (χ1) is 13.0. The van der Waals surface area contributed by atoms with Crippen molar-refractivity contribution in [2.75, 3.05) is 6.61 Å². The summed E-state index contributed by atoms with van der Waals surface area (Å²) in [6.07, 6.45) is -0.437. The maximum absolute atomic E-state index is 12.4. The van der Waals surface area contributed by atoms with E-state index in [2.05, 4.69) is 99.9 Å². The number of halogens is 3. The summed E-state index contributed by atoms with van der Waals surface area (Å²) < 4.78 is 7.93. The van der Waals surface area contributed by atoms with Crippen LogP contribution in [0.4, 0.5) is 4.79 Å². The molecule has 0 heterocycles. The highest BCUT2D eigenvalue weighted by atomic mass is 79.9. The van der Waals surface area contributed by atoms with E-state index in [4.69, 9.17) is 4.74 Å². The Morgan fingerprint density at radius 1 is 1.00 bits per heavy atom. The van der Waals surface area contributed by atoms with Gasteiger partial charge in [0.1, 0.15) is 0 Å². The van der Waals surface area contributed by atoms with Gasteiger partial charge in [0, 0.05) is 19.0 Å². The van der Waals surface area contributed by atoms with Gasteiger partial charge in [0.25, 0.3) is 0 Å². The summed E-state index contributed by atoms with van der Waals surface area (Å²) in [5, 5.41) is 3.06. The van der Waals surface area contributed by atoms with E-state index in [9.17, 15) is 4.79 Å². The number of rotatable bonds is 4. The molecular weight excluding hydrogens is 550 g/mol. The largest absolute Gasteiger partial charge is 0.450 e. The zero-order valence-electron chi connectivity index (χ0n) is 17.0. The van der Waals surface area contributed by atoms with Crippen LogP contribution in [0.15, 0.2) is 37.7 Å². The van der Waals surface area contributed by atoms with Crippen LogP contribution in [0.2, 0.25) is 0 Å². The van der Waals surface area contributed by atoms with Crippen LogP contribution in [0.1, 0.15) is 61.6 Å². The number of hydrogen-bond acceptors (Lipinski definition) is 2. The Bertz CT molecular complexity index is 842. The van der Waals surface area contributed by atoms with Gasteiger partial charge in [-0.15, -0.1) is 0 Å². The van der Waals surface area contributed by atoms with Crippen LogP contribution in [0.5, 0.6) is 0 Å². The number of alkyl carbamates (subject to hydrolysis) is 1. The summed E-state index contributed by atoms with van der Waals surface area (Å²) in [6.45, 7) is 12.9. The Hall–Kier alpha value is -0.850. The third-order valence-electron chi connectivity index (χ3n) is 4.62. The summed E-state index contributed by atoms with van der Waals surface area (Å²) >= 11 is 10.9. The average molecular weight is 576 g/mol. The summed E-state index contributed by atoms with van der Waals surface area (Å²) in [6, 6.07) is 8.03. The lowest BCUT2D eigenvalue weighted by Crippen LogP contribution is -2.31. The smallest absolute Gasteiger partial charge is 0.407 e. The van der Waals surface area contributed by atoms with E-state index >= 15 is 0 Å². The molecule has 0 aliphatic rings. The SMILES string of the molecule is CCOC(=O)NC(c1c(C)cc(C(C)(C)C)cc1C)c1c(Br)cc(Br)cc1Br. The molecule has 1 amide bonds. The molecular formula is C22H26Br3NO2. The lowest BCUT2D eigenvalue weighted by atomic mass is 9.82.